The van der Waals surface area contributed by atoms with Crippen LogP contribution < -0.4 is 4.74 Å². The number of unbranched alkanes of at least 4 members (excludes halogenated alkanes) is 1. The second-order valence-electron chi connectivity index (χ2n) is 5.56. The van der Waals surface area contributed by atoms with Crippen molar-refractivity contribution in [3.8, 4) is 5.75 Å². The van der Waals surface area contributed by atoms with Gasteiger partial charge in [0.15, 0.2) is 0 Å². The number of rotatable bonds is 6. The van der Waals surface area contributed by atoms with Crippen molar-refractivity contribution in [1.82, 2.24) is 0 Å². The SMILES string of the molecule is CCCCOc1ccc(N=NC2C(F)(F)C=C(O)CC2(F)F)cc1. The molecule has 0 fully saturated rings. The molecule has 132 valence electrons. The maximum atomic E-state index is 13.7. The molecule has 1 unspecified atom stereocenters. The first-order chi connectivity index (χ1) is 11.2. The van der Waals surface area contributed by atoms with Crippen LogP contribution in [-0.2, 0) is 0 Å². The lowest BCUT2D eigenvalue weighted by Crippen LogP contribution is -2.48. The molecule has 0 bridgehead atoms. The molecular formula is C16H18F4N2O2. The van der Waals surface area contributed by atoms with Gasteiger partial charge in [0.1, 0.15) is 11.5 Å². The number of halogens is 4. The third kappa shape index (κ3) is 4.46. The van der Waals surface area contributed by atoms with Crippen LogP contribution in [0.4, 0.5) is 23.2 Å². The molecular weight excluding hydrogens is 328 g/mol. The van der Waals surface area contributed by atoms with Gasteiger partial charge in [-0.15, -0.1) is 0 Å². The molecule has 1 N–H and O–H groups in total. The molecule has 0 aliphatic heterocycles. The molecule has 8 heteroatoms. The number of aliphatic hydroxyl groups is 1. The summed E-state index contributed by atoms with van der Waals surface area (Å²) in [6.45, 7) is 2.58. The van der Waals surface area contributed by atoms with E-state index in [1.165, 1.54) is 12.1 Å². The van der Waals surface area contributed by atoms with E-state index in [1.807, 2.05) is 6.92 Å². The molecule has 24 heavy (non-hydrogen) atoms. The minimum atomic E-state index is -3.97. The first-order valence-corrected chi connectivity index (χ1v) is 7.54. The van der Waals surface area contributed by atoms with Crippen molar-refractivity contribution in [2.75, 3.05) is 6.61 Å². The minimum absolute atomic E-state index is 0.0960. The van der Waals surface area contributed by atoms with Gasteiger partial charge >= 0.3 is 0 Å². The Balaban J connectivity index is 2.09. The van der Waals surface area contributed by atoms with E-state index >= 15 is 0 Å². The maximum absolute atomic E-state index is 13.7. The fourth-order valence-electron chi connectivity index (χ4n) is 2.20. The molecule has 2 rings (SSSR count). The Morgan fingerprint density at radius 2 is 1.88 bits per heavy atom. The van der Waals surface area contributed by atoms with Crippen molar-refractivity contribution in [1.29, 1.82) is 0 Å². The van der Waals surface area contributed by atoms with Gasteiger partial charge in [-0.3, -0.25) is 0 Å². The Bertz CT molecular complexity index is 615. The van der Waals surface area contributed by atoms with Gasteiger partial charge in [0, 0.05) is 6.08 Å². The average Bonchev–Trinajstić information content (AvgIpc) is 2.46. The van der Waals surface area contributed by atoms with Gasteiger partial charge in [0.25, 0.3) is 11.8 Å². The molecule has 0 aromatic heterocycles. The molecule has 4 nitrogen and oxygen atoms in total. The van der Waals surface area contributed by atoms with Gasteiger partial charge < -0.3 is 9.84 Å². The third-order valence-electron chi connectivity index (χ3n) is 3.43. The first kappa shape index (κ1) is 18.2. The molecule has 0 saturated heterocycles. The predicted molar refractivity (Wildman–Crippen MR) is 80.4 cm³/mol. The molecule has 1 atom stereocenters. The van der Waals surface area contributed by atoms with E-state index < -0.39 is 30.1 Å². The monoisotopic (exact) mass is 346 g/mol. The van der Waals surface area contributed by atoms with Gasteiger partial charge in [0.2, 0.25) is 6.04 Å². The number of ether oxygens (including phenoxy) is 1. The van der Waals surface area contributed by atoms with Crippen molar-refractivity contribution in [2.24, 2.45) is 10.2 Å². The molecule has 1 aliphatic carbocycles. The number of hydrogen-bond acceptors (Lipinski definition) is 4. The summed E-state index contributed by atoms with van der Waals surface area (Å²) >= 11 is 0. The number of aliphatic hydroxyl groups excluding tert-OH is 1. The lowest BCUT2D eigenvalue weighted by atomic mass is 9.93. The summed E-state index contributed by atoms with van der Waals surface area (Å²) in [6.07, 6.45) is 0.795. The number of allylic oxidation sites excluding steroid dienone is 1. The highest BCUT2D eigenvalue weighted by Gasteiger charge is 2.58. The Hall–Kier alpha value is -2.12. The van der Waals surface area contributed by atoms with E-state index in [-0.39, 0.29) is 11.8 Å². The van der Waals surface area contributed by atoms with E-state index in [1.54, 1.807) is 12.1 Å². The number of hydrogen-bond donors (Lipinski definition) is 1. The lowest BCUT2D eigenvalue weighted by molar-refractivity contribution is -0.124. The molecule has 0 amide bonds. The zero-order valence-corrected chi connectivity index (χ0v) is 13.1. The first-order valence-electron chi connectivity index (χ1n) is 7.54. The summed E-state index contributed by atoms with van der Waals surface area (Å²) in [5, 5.41) is 15.6. The molecule has 1 aromatic carbocycles. The van der Waals surface area contributed by atoms with E-state index in [9.17, 15) is 17.6 Å². The normalized spacial score (nSPS) is 22.4. The van der Waals surface area contributed by atoms with Gasteiger partial charge in [-0.2, -0.15) is 19.0 Å². The number of azo groups is 1. The number of benzene rings is 1. The molecule has 0 saturated carbocycles. The van der Waals surface area contributed by atoms with Crippen LogP contribution in [-0.4, -0.2) is 29.6 Å². The number of nitrogens with zero attached hydrogens (tertiary/aromatic N) is 2. The van der Waals surface area contributed by atoms with E-state index in [0.717, 1.165) is 12.8 Å². The Morgan fingerprint density at radius 3 is 2.46 bits per heavy atom. The van der Waals surface area contributed by atoms with Crippen molar-refractivity contribution in [3.05, 3.63) is 36.1 Å². The largest absolute Gasteiger partial charge is 0.512 e. The van der Waals surface area contributed by atoms with E-state index in [2.05, 4.69) is 10.2 Å². The van der Waals surface area contributed by atoms with Crippen molar-refractivity contribution in [2.45, 2.75) is 44.1 Å². The van der Waals surface area contributed by atoms with Crippen LogP contribution in [0.5, 0.6) is 5.75 Å². The van der Waals surface area contributed by atoms with Crippen LogP contribution >= 0.6 is 0 Å². The van der Waals surface area contributed by atoms with Crippen LogP contribution in [0.1, 0.15) is 26.2 Å². The molecule has 0 heterocycles. The highest BCUT2D eigenvalue weighted by atomic mass is 19.3. The average molecular weight is 346 g/mol. The van der Waals surface area contributed by atoms with Gasteiger partial charge in [0.05, 0.1) is 18.7 Å². The summed E-state index contributed by atoms with van der Waals surface area (Å²) in [7, 11) is 0. The predicted octanol–water partition coefficient (Wildman–Crippen LogP) is 5.43. The van der Waals surface area contributed by atoms with Gasteiger partial charge in [-0.25, -0.2) is 8.78 Å². The second kappa shape index (κ2) is 7.19. The Kier molecular flexibility index (Phi) is 5.46. The minimum Gasteiger partial charge on any atom is -0.512 e. The summed E-state index contributed by atoms with van der Waals surface area (Å²) in [6, 6.07) is 3.36. The zero-order valence-electron chi connectivity index (χ0n) is 13.1. The third-order valence-corrected chi connectivity index (χ3v) is 3.43. The van der Waals surface area contributed by atoms with Crippen molar-refractivity contribution >= 4 is 5.69 Å². The smallest absolute Gasteiger partial charge is 0.299 e. The topological polar surface area (TPSA) is 54.2 Å². The maximum Gasteiger partial charge on any atom is 0.299 e. The standard InChI is InChI=1S/C16H18F4N2O2/c1-2-3-8-24-13-6-4-11(5-7-13)21-22-14-15(17,18)9-12(23)10-16(14,19)20/h4-7,9,14,23H,2-3,8,10H2,1H3. The van der Waals surface area contributed by atoms with Crippen molar-refractivity contribution < 1.29 is 27.4 Å². The molecule has 0 radical (unpaired) electrons. The molecule has 1 aromatic rings. The van der Waals surface area contributed by atoms with Crippen molar-refractivity contribution in [3.63, 3.8) is 0 Å². The highest BCUT2D eigenvalue weighted by molar-refractivity contribution is 5.40. The fraction of sp³-hybridized carbons (Fsp3) is 0.500. The fourth-order valence-corrected chi connectivity index (χ4v) is 2.20. The van der Waals surface area contributed by atoms with Crippen LogP contribution in [0.25, 0.3) is 0 Å². The quantitative estimate of drug-likeness (QED) is 0.424. The Morgan fingerprint density at radius 1 is 1.21 bits per heavy atom. The summed E-state index contributed by atoms with van der Waals surface area (Å²) in [5.74, 6) is -8.33. The van der Waals surface area contributed by atoms with E-state index in [0.29, 0.717) is 12.4 Å². The molecule has 0 spiro atoms. The highest BCUT2D eigenvalue weighted by Crippen LogP contribution is 2.43. The van der Waals surface area contributed by atoms with Crippen LogP contribution in [0, 0.1) is 0 Å². The lowest BCUT2D eigenvalue weighted by Gasteiger charge is -2.31. The van der Waals surface area contributed by atoms with Gasteiger partial charge in [-0.05, 0) is 30.7 Å². The van der Waals surface area contributed by atoms with Crippen LogP contribution in [0.15, 0.2) is 46.3 Å². The van der Waals surface area contributed by atoms with Crippen LogP contribution in [0.2, 0.25) is 0 Å². The number of alkyl halides is 4. The molecule has 1 aliphatic rings. The summed E-state index contributed by atoms with van der Waals surface area (Å²) in [4.78, 5) is 0. The van der Waals surface area contributed by atoms with Crippen LogP contribution in [0.3, 0.4) is 0 Å². The summed E-state index contributed by atoms with van der Waals surface area (Å²) in [5.41, 5.74) is 0.156. The summed E-state index contributed by atoms with van der Waals surface area (Å²) < 4.78 is 60.2. The van der Waals surface area contributed by atoms with Gasteiger partial charge in [-0.1, -0.05) is 13.3 Å². The zero-order chi connectivity index (χ0) is 17.8. The second-order valence-corrected chi connectivity index (χ2v) is 5.56. The Labute approximate surface area is 136 Å². The van der Waals surface area contributed by atoms with E-state index in [4.69, 9.17) is 9.84 Å².